The van der Waals surface area contributed by atoms with Crippen molar-refractivity contribution >= 4 is 40.6 Å². The number of rotatable bonds is 4. The topological polar surface area (TPSA) is 107 Å². The summed E-state index contributed by atoms with van der Waals surface area (Å²) in [6.45, 7) is 3.53. The summed E-state index contributed by atoms with van der Waals surface area (Å²) in [6, 6.07) is 6.47. The van der Waals surface area contributed by atoms with Crippen LogP contribution in [0.2, 0.25) is 5.02 Å². The highest BCUT2D eigenvalue weighted by atomic mass is 35.5. The third-order valence-electron chi connectivity index (χ3n) is 4.90. The highest BCUT2D eigenvalue weighted by Gasteiger charge is 2.34. The quantitative estimate of drug-likeness (QED) is 0.614. The van der Waals surface area contributed by atoms with Crippen molar-refractivity contribution in [3.63, 3.8) is 0 Å². The molecule has 0 saturated carbocycles. The number of aliphatic imine (C=N–C) groups is 1. The molecule has 0 bridgehead atoms. The smallest absolute Gasteiger partial charge is 0.346 e. The van der Waals surface area contributed by atoms with E-state index < -0.39 is 18.0 Å². The van der Waals surface area contributed by atoms with Gasteiger partial charge in [-0.2, -0.15) is 0 Å². The van der Waals surface area contributed by atoms with Gasteiger partial charge in [-0.15, -0.1) is 21.5 Å². The fourth-order valence-corrected chi connectivity index (χ4v) is 4.80. The number of benzene rings is 1. The SMILES string of the molecule is COC(=O)C[C@@H]1N=C(c2ccc(Cl)cc2)c2c(sc(C(=O)O)c2C)-n2c(C)nnc21. The second kappa shape index (κ2) is 7.66. The molecule has 30 heavy (non-hydrogen) atoms. The predicted octanol–water partition coefficient (Wildman–Crippen LogP) is 3.75. The molecule has 1 atom stereocenters. The molecule has 0 spiro atoms. The van der Waals surface area contributed by atoms with Gasteiger partial charge < -0.3 is 9.84 Å². The zero-order chi connectivity index (χ0) is 21.6. The number of methoxy groups -OCH3 is 1. The molecule has 1 aliphatic rings. The molecule has 3 aromatic rings. The van der Waals surface area contributed by atoms with E-state index in [9.17, 15) is 14.7 Å². The van der Waals surface area contributed by atoms with E-state index in [-0.39, 0.29) is 11.3 Å². The molecule has 1 aliphatic heterocycles. The number of aromatic nitrogens is 3. The Morgan fingerprint density at radius 1 is 1.23 bits per heavy atom. The molecule has 0 aliphatic carbocycles. The maximum Gasteiger partial charge on any atom is 0.346 e. The number of carboxylic acids is 1. The van der Waals surface area contributed by atoms with Crippen LogP contribution in [0.5, 0.6) is 0 Å². The van der Waals surface area contributed by atoms with E-state index in [2.05, 4.69) is 10.2 Å². The molecule has 10 heteroatoms. The Bertz CT molecular complexity index is 1200. The minimum atomic E-state index is -1.01. The van der Waals surface area contributed by atoms with Gasteiger partial charge in [-0.3, -0.25) is 14.4 Å². The lowest BCUT2D eigenvalue weighted by atomic mass is 9.99. The fourth-order valence-electron chi connectivity index (χ4n) is 3.47. The molecular formula is C20H17ClN4O4S. The molecule has 8 nitrogen and oxygen atoms in total. The van der Waals surface area contributed by atoms with E-state index in [1.807, 2.05) is 12.1 Å². The predicted molar refractivity (Wildman–Crippen MR) is 112 cm³/mol. The Hall–Kier alpha value is -3.04. The number of aromatic carboxylic acids is 1. The van der Waals surface area contributed by atoms with E-state index >= 15 is 0 Å². The van der Waals surface area contributed by atoms with Crippen LogP contribution in [0, 0.1) is 13.8 Å². The number of hydrogen-bond donors (Lipinski definition) is 1. The number of ether oxygens (including phenoxy) is 1. The van der Waals surface area contributed by atoms with Crippen LogP contribution >= 0.6 is 22.9 Å². The van der Waals surface area contributed by atoms with Crippen molar-refractivity contribution in [2.24, 2.45) is 4.99 Å². The summed E-state index contributed by atoms with van der Waals surface area (Å²) in [5.74, 6) is -0.410. The first-order valence-electron chi connectivity index (χ1n) is 9.01. The molecule has 2 aromatic heterocycles. The first-order valence-corrected chi connectivity index (χ1v) is 10.2. The molecule has 4 rings (SSSR count). The van der Waals surface area contributed by atoms with Crippen LogP contribution in [0.25, 0.3) is 5.00 Å². The maximum atomic E-state index is 12.1. The molecule has 0 unspecified atom stereocenters. The maximum absolute atomic E-state index is 12.1. The van der Waals surface area contributed by atoms with Crippen molar-refractivity contribution in [2.45, 2.75) is 26.3 Å². The molecular weight excluding hydrogens is 428 g/mol. The average Bonchev–Trinajstić information content (AvgIpc) is 3.21. The van der Waals surface area contributed by atoms with Gasteiger partial charge in [0, 0.05) is 16.1 Å². The number of aryl methyl sites for hydroxylation is 1. The Labute approximate surface area is 180 Å². The summed E-state index contributed by atoms with van der Waals surface area (Å²) in [4.78, 5) is 29.0. The Morgan fingerprint density at radius 3 is 2.57 bits per heavy atom. The lowest BCUT2D eigenvalue weighted by Crippen LogP contribution is -2.12. The number of fused-ring (bicyclic) bond motifs is 3. The van der Waals surface area contributed by atoms with Crippen LogP contribution in [0.4, 0.5) is 0 Å². The van der Waals surface area contributed by atoms with E-state index in [1.165, 1.54) is 7.11 Å². The van der Waals surface area contributed by atoms with Crippen molar-refractivity contribution in [2.75, 3.05) is 7.11 Å². The molecule has 0 fully saturated rings. The highest BCUT2D eigenvalue weighted by molar-refractivity contribution is 7.17. The normalized spacial score (nSPS) is 15.1. The lowest BCUT2D eigenvalue weighted by Gasteiger charge is -2.11. The summed E-state index contributed by atoms with van der Waals surface area (Å²) in [7, 11) is 1.32. The van der Waals surface area contributed by atoms with Gasteiger partial charge >= 0.3 is 11.9 Å². The van der Waals surface area contributed by atoms with Crippen LogP contribution in [-0.4, -0.2) is 44.6 Å². The van der Waals surface area contributed by atoms with E-state index in [4.69, 9.17) is 21.3 Å². The van der Waals surface area contributed by atoms with Gasteiger partial charge in [-0.25, -0.2) is 4.79 Å². The molecule has 1 N–H and O–H groups in total. The number of carboxylic acid groups (broad SMARTS) is 1. The van der Waals surface area contributed by atoms with E-state index in [0.717, 1.165) is 16.9 Å². The van der Waals surface area contributed by atoms with E-state index in [1.54, 1.807) is 30.5 Å². The van der Waals surface area contributed by atoms with Gasteiger partial charge in [0.25, 0.3) is 0 Å². The summed E-state index contributed by atoms with van der Waals surface area (Å²) in [5, 5.41) is 19.3. The largest absolute Gasteiger partial charge is 0.477 e. The number of esters is 1. The minimum absolute atomic E-state index is 0.0223. The van der Waals surface area contributed by atoms with Gasteiger partial charge in [0.1, 0.15) is 21.7 Å². The fraction of sp³-hybridized carbons (Fsp3) is 0.250. The van der Waals surface area contributed by atoms with Crippen LogP contribution in [-0.2, 0) is 9.53 Å². The summed E-state index contributed by atoms with van der Waals surface area (Å²) in [5.41, 5.74) is 2.59. The second-order valence-electron chi connectivity index (χ2n) is 6.76. The molecule has 154 valence electrons. The van der Waals surface area contributed by atoms with Crippen LogP contribution in [0.3, 0.4) is 0 Å². The number of hydrogen-bond acceptors (Lipinski definition) is 7. The number of carbonyl (C=O) groups is 2. The van der Waals surface area contributed by atoms with Crippen molar-refractivity contribution in [1.29, 1.82) is 0 Å². The van der Waals surface area contributed by atoms with Crippen LogP contribution < -0.4 is 0 Å². The Morgan fingerprint density at radius 2 is 1.93 bits per heavy atom. The van der Waals surface area contributed by atoms with Gasteiger partial charge in [0.2, 0.25) is 0 Å². The molecule has 0 saturated heterocycles. The van der Waals surface area contributed by atoms with Crippen molar-refractivity contribution in [1.82, 2.24) is 14.8 Å². The van der Waals surface area contributed by atoms with Crippen molar-refractivity contribution < 1.29 is 19.4 Å². The zero-order valence-electron chi connectivity index (χ0n) is 16.3. The Kier molecular flexibility index (Phi) is 5.17. The first kappa shape index (κ1) is 20.2. The van der Waals surface area contributed by atoms with Gasteiger partial charge in [0.15, 0.2) is 5.82 Å². The monoisotopic (exact) mass is 444 g/mol. The second-order valence-corrected chi connectivity index (χ2v) is 8.20. The van der Waals surface area contributed by atoms with Crippen molar-refractivity contribution in [3.05, 3.63) is 62.5 Å². The Balaban J connectivity index is 2.04. The van der Waals surface area contributed by atoms with Gasteiger partial charge in [-0.1, -0.05) is 23.7 Å². The zero-order valence-corrected chi connectivity index (χ0v) is 17.9. The van der Waals surface area contributed by atoms with Crippen molar-refractivity contribution in [3.8, 4) is 5.00 Å². The standard InChI is InChI=1S/C20H17ClN4O4S/c1-9-15-16(11-4-6-12(21)7-5-11)22-13(8-14(26)29-3)18-24-23-10(2)25(18)19(15)30-17(9)20(27)28/h4-7,13H,8H2,1-3H3,(H,27,28)/t13-/m0/s1. The molecule has 3 heterocycles. The third kappa shape index (κ3) is 3.29. The number of nitrogens with zero attached hydrogens (tertiary/aromatic N) is 4. The summed E-state index contributed by atoms with van der Waals surface area (Å²) < 4.78 is 6.62. The summed E-state index contributed by atoms with van der Waals surface area (Å²) >= 11 is 7.19. The molecule has 1 aromatic carbocycles. The number of carbonyl (C=O) groups excluding carboxylic acids is 1. The number of halogens is 1. The minimum Gasteiger partial charge on any atom is -0.477 e. The lowest BCUT2D eigenvalue weighted by molar-refractivity contribution is -0.141. The van der Waals surface area contributed by atoms with Gasteiger partial charge in [0.05, 0.1) is 19.2 Å². The number of thiophene rings is 1. The summed E-state index contributed by atoms with van der Waals surface area (Å²) in [6.07, 6.45) is -0.0223. The molecule has 0 amide bonds. The van der Waals surface area contributed by atoms with Crippen LogP contribution in [0.1, 0.15) is 50.5 Å². The highest BCUT2D eigenvalue weighted by Crippen LogP contribution is 2.40. The third-order valence-corrected chi connectivity index (χ3v) is 6.42. The van der Waals surface area contributed by atoms with E-state index in [0.29, 0.717) is 38.5 Å². The van der Waals surface area contributed by atoms with Crippen LogP contribution in [0.15, 0.2) is 29.3 Å². The van der Waals surface area contributed by atoms with Gasteiger partial charge in [-0.05, 0) is 31.5 Å². The average molecular weight is 445 g/mol. The first-order chi connectivity index (χ1) is 14.3. The molecule has 0 radical (unpaired) electrons.